The van der Waals surface area contributed by atoms with Crippen molar-refractivity contribution in [1.29, 1.82) is 0 Å². The van der Waals surface area contributed by atoms with Crippen molar-refractivity contribution in [1.82, 2.24) is 5.32 Å². The van der Waals surface area contributed by atoms with Crippen LogP contribution in [0.5, 0.6) is 11.5 Å². The summed E-state index contributed by atoms with van der Waals surface area (Å²) < 4.78 is 11.0. The predicted molar refractivity (Wildman–Crippen MR) is 87.1 cm³/mol. The average Bonchev–Trinajstić information content (AvgIpc) is 2.53. The van der Waals surface area contributed by atoms with Gasteiger partial charge in [0.05, 0.1) is 7.11 Å². The van der Waals surface area contributed by atoms with Crippen LogP contribution in [0, 0.1) is 11.8 Å². The van der Waals surface area contributed by atoms with Gasteiger partial charge in [0, 0.05) is 6.54 Å². The summed E-state index contributed by atoms with van der Waals surface area (Å²) in [7, 11) is 1.67. The number of hydrogen-bond acceptors (Lipinski definition) is 3. The molecular weight excluding hydrogens is 262 g/mol. The van der Waals surface area contributed by atoms with Crippen molar-refractivity contribution in [3.05, 3.63) is 24.3 Å². The maximum Gasteiger partial charge on any atom is 0.161 e. The first kappa shape index (κ1) is 16.2. The van der Waals surface area contributed by atoms with Crippen molar-refractivity contribution >= 4 is 0 Å². The number of methoxy groups -OCH3 is 1. The first-order chi connectivity index (χ1) is 10.3. The number of nitrogens with one attached hydrogen (secondary N) is 1. The average molecular weight is 291 g/mol. The van der Waals surface area contributed by atoms with Gasteiger partial charge >= 0.3 is 0 Å². The van der Waals surface area contributed by atoms with E-state index >= 15 is 0 Å². The lowest BCUT2D eigenvalue weighted by Crippen LogP contribution is -2.25. The van der Waals surface area contributed by atoms with Crippen LogP contribution in [0.25, 0.3) is 0 Å². The topological polar surface area (TPSA) is 30.5 Å². The lowest BCUT2D eigenvalue weighted by atomic mass is 9.81. The highest BCUT2D eigenvalue weighted by molar-refractivity contribution is 5.39. The lowest BCUT2D eigenvalue weighted by Gasteiger charge is -2.26. The summed E-state index contributed by atoms with van der Waals surface area (Å²) in [5, 5.41) is 3.49. The van der Waals surface area contributed by atoms with Crippen LogP contribution < -0.4 is 14.8 Å². The third-order valence-corrected chi connectivity index (χ3v) is 4.47. The smallest absolute Gasteiger partial charge is 0.161 e. The summed E-state index contributed by atoms with van der Waals surface area (Å²) in [5.74, 6) is 3.50. The molecule has 0 saturated heterocycles. The zero-order chi connectivity index (χ0) is 14.9. The number of ether oxygens (including phenoxy) is 2. The Morgan fingerprint density at radius 3 is 2.48 bits per heavy atom. The van der Waals surface area contributed by atoms with Crippen LogP contribution in [0.4, 0.5) is 0 Å². The number of para-hydroxylation sites is 2. The maximum atomic E-state index is 5.75. The zero-order valence-corrected chi connectivity index (χ0v) is 13.4. The summed E-state index contributed by atoms with van der Waals surface area (Å²) in [5.41, 5.74) is 0. The molecule has 2 rings (SSSR count). The highest BCUT2D eigenvalue weighted by atomic mass is 16.5. The molecule has 1 fully saturated rings. The van der Waals surface area contributed by atoms with Gasteiger partial charge in [-0.15, -0.1) is 0 Å². The molecule has 1 aromatic carbocycles. The van der Waals surface area contributed by atoms with E-state index in [-0.39, 0.29) is 0 Å². The SMILES string of the molecule is COc1ccccc1OCCNCCC1CCC(C)CC1. The first-order valence-corrected chi connectivity index (χ1v) is 8.26. The van der Waals surface area contributed by atoms with E-state index in [0.29, 0.717) is 6.61 Å². The van der Waals surface area contributed by atoms with Gasteiger partial charge in [-0.05, 0) is 36.9 Å². The van der Waals surface area contributed by atoms with Gasteiger partial charge in [0.2, 0.25) is 0 Å². The molecule has 0 bridgehead atoms. The second-order valence-corrected chi connectivity index (χ2v) is 6.16. The molecule has 1 aliphatic carbocycles. The summed E-state index contributed by atoms with van der Waals surface area (Å²) in [6, 6.07) is 7.79. The molecule has 0 heterocycles. The minimum atomic E-state index is 0.683. The number of hydrogen-bond donors (Lipinski definition) is 1. The molecule has 0 unspecified atom stereocenters. The van der Waals surface area contributed by atoms with E-state index in [1.165, 1.54) is 32.1 Å². The van der Waals surface area contributed by atoms with Crippen LogP contribution in [-0.2, 0) is 0 Å². The lowest BCUT2D eigenvalue weighted by molar-refractivity contribution is 0.267. The third-order valence-electron chi connectivity index (χ3n) is 4.47. The van der Waals surface area contributed by atoms with Crippen molar-refractivity contribution < 1.29 is 9.47 Å². The Hall–Kier alpha value is -1.22. The quantitative estimate of drug-likeness (QED) is 0.737. The molecule has 0 aromatic heterocycles. The van der Waals surface area contributed by atoms with E-state index in [1.54, 1.807) is 7.11 Å². The Balaban J connectivity index is 1.54. The molecule has 0 atom stereocenters. The standard InChI is InChI=1S/C18H29NO2/c1-15-7-9-16(10-8-15)11-12-19-13-14-21-18-6-4-3-5-17(18)20-2/h3-6,15-16,19H,7-14H2,1-2H3. The fraction of sp³-hybridized carbons (Fsp3) is 0.667. The van der Waals surface area contributed by atoms with E-state index in [4.69, 9.17) is 9.47 Å². The van der Waals surface area contributed by atoms with Crippen molar-refractivity contribution in [3.63, 3.8) is 0 Å². The Kier molecular flexibility index (Phi) is 6.87. The highest BCUT2D eigenvalue weighted by Gasteiger charge is 2.17. The van der Waals surface area contributed by atoms with Gasteiger partial charge in [0.15, 0.2) is 11.5 Å². The van der Waals surface area contributed by atoms with E-state index in [2.05, 4.69) is 12.2 Å². The van der Waals surface area contributed by atoms with Gasteiger partial charge in [0.1, 0.15) is 6.61 Å². The summed E-state index contributed by atoms with van der Waals surface area (Å²) in [4.78, 5) is 0. The van der Waals surface area contributed by atoms with Crippen LogP contribution in [-0.4, -0.2) is 26.8 Å². The number of rotatable bonds is 8. The molecule has 1 aliphatic rings. The normalized spacial score (nSPS) is 22.0. The Morgan fingerprint density at radius 1 is 1.05 bits per heavy atom. The second kappa shape index (κ2) is 8.93. The predicted octanol–water partition coefficient (Wildman–Crippen LogP) is 3.88. The van der Waals surface area contributed by atoms with Gasteiger partial charge < -0.3 is 14.8 Å². The first-order valence-electron chi connectivity index (χ1n) is 8.26. The summed E-state index contributed by atoms with van der Waals surface area (Å²) in [6.45, 7) is 5.06. The zero-order valence-electron chi connectivity index (χ0n) is 13.4. The Morgan fingerprint density at radius 2 is 1.76 bits per heavy atom. The minimum absolute atomic E-state index is 0.683. The summed E-state index contributed by atoms with van der Waals surface area (Å²) >= 11 is 0. The van der Waals surface area contributed by atoms with Gasteiger partial charge in [-0.1, -0.05) is 44.7 Å². The van der Waals surface area contributed by atoms with Gasteiger partial charge in [-0.3, -0.25) is 0 Å². The van der Waals surface area contributed by atoms with E-state index in [1.807, 2.05) is 24.3 Å². The molecule has 3 heteroatoms. The molecule has 3 nitrogen and oxygen atoms in total. The fourth-order valence-electron chi connectivity index (χ4n) is 3.02. The van der Waals surface area contributed by atoms with Crippen molar-refractivity contribution in [2.24, 2.45) is 11.8 Å². The maximum absolute atomic E-state index is 5.75. The Bertz CT molecular complexity index is 400. The molecule has 1 N–H and O–H groups in total. The van der Waals surface area contributed by atoms with Crippen LogP contribution in [0.1, 0.15) is 39.0 Å². The van der Waals surface area contributed by atoms with Gasteiger partial charge in [-0.25, -0.2) is 0 Å². The fourth-order valence-corrected chi connectivity index (χ4v) is 3.02. The molecule has 0 spiro atoms. The van der Waals surface area contributed by atoms with E-state index in [0.717, 1.165) is 36.4 Å². The van der Waals surface area contributed by atoms with Crippen LogP contribution >= 0.6 is 0 Å². The minimum Gasteiger partial charge on any atom is -0.493 e. The molecule has 0 aliphatic heterocycles. The summed E-state index contributed by atoms with van der Waals surface area (Å²) in [6.07, 6.45) is 6.98. The second-order valence-electron chi connectivity index (χ2n) is 6.16. The third kappa shape index (κ3) is 5.58. The van der Waals surface area contributed by atoms with Gasteiger partial charge in [-0.2, -0.15) is 0 Å². The highest BCUT2D eigenvalue weighted by Crippen LogP contribution is 2.30. The van der Waals surface area contributed by atoms with E-state index < -0.39 is 0 Å². The molecule has 0 amide bonds. The van der Waals surface area contributed by atoms with Crippen molar-refractivity contribution in [2.45, 2.75) is 39.0 Å². The number of benzene rings is 1. The largest absolute Gasteiger partial charge is 0.493 e. The molecule has 118 valence electrons. The molecule has 0 radical (unpaired) electrons. The Labute approximate surface area is 129 Å². The van der Waals surface area contributed by atoms with Crippen LogP contribution in [0.2, 0.25) is 0 Å². The monoisotopic (exact) mass is 291 g/mol. The van der Waals surface area contributed by atoms with Crippen LogP contribution in [0.15, 0.2) is 24.3 Å². The molecule has 1 aromatic rings. The molecular formula is C18H29NO2. The van der Waals surface area contributed by atoms with E-state index in [9.17, 15) is 0 Å². The molecule has 21 heavy (non-hydrogen) atoms. The van der Waals surface area contributed by atoms with Crippen molar-refractivity contribution in [3.8, 4) is 11.5 Å². The van der Waals surface area contributed by atoms with Gasteiger partial charge in [0.25, 0.3) is 0 Å². The van der Waals surface area contributed by atoms with Crippen molar-refractivity contribution in [2.75, 3.05) is 26.8 Å². The van der Waals surface area contributed by atoms with Crippen LogP contribution in [0.3, 0.4) is 0 Å². The molecule has 1 saturated carbocycles.